The lowest BCUT2D eigenvalue weighted by molar-refractivity contribution is 0.522. The molecule has 1 aliphatic rings. The molecular weight excluding hydrogens is 453 g/mol. The van der Waals surface area contributed by atoms with Gasteiger partial charge in [0.2, 0.25) is 0 Å². The molecule has 1 aliphatic heterocycles. The second kappa shape index (κ2) is 9.57. The molecule has 8 heteroatoms. The smallest absolute Gasteiger partial charge is 0.191 e. The molecule has 0 aliphatic carbocycles. The number of imidazole rings is 1. The van der Waals surface area contributed by atoms with Gasteiger partial charge in [-0.25, -0.2) is 4.98 Å². The van der Waals surface area contributed by atoms with Gasteiger partial charge in [-0.2, -0.15) is 5.10 Å². The van der Waals surface area contributed by atoms with E-state index in [-0.39, 0.29) is 30.0 Å². The van der Waals surface area contributed by atoms with Gasteiger partial charge in [0.15, 0.2) is 5.96 Å². The number of aromatic nitrogens is 4. The van der Waals surface area contributed by atoms with Crippen LogP contribution in [0.4, 0.5) is 0 Å². The summed E-state index contributed by atoms with van der Waals surface area (Å²) < 4.78 is 4.23. The van der Waals surface area contributed by atoms with Crippen molar-refractivity contribution in [3.05, 3.63) is 34.7 Å². The zero-order valence-electron chi connectivity index (χ0n) is 17.0. The first-order chi connectivity index (χ1) is 12.5. The van der Waals surface area contributed by atoms with Crippen LogP contribution in [0.25, 0.3) is 0 Å². The molecule has 0 bridgehead atoms. The summed E-state index contributed by atoms with van der Waals surface area (Å²) in [6.07, 6.45) is 6.68. The Morgan fingerprint density at radius 2 is 2.11 bits per heavy atom. The fourth-order valence-corrected chi connectivity index (χ4v) is 3.63. The predicted octanol–water partition coefficient (Wildman–Crippen LogP) is 2.48. The summed E-state index contributed by atoms with van der Waals surface area (Å²) in [6.45, 7) is 8.15. The first-order valence-corrected chi connectivity index (χ1v) is 9.49. The molecule has 0 spiro atoms. The van der Waals surface area contributed by atoms with Crippen LogP contribution in [-0.4, -0.2) is 38.4 Å². The van der Waals surface area contributed by atoms with Gasteiger partial charge in [0.05, 0.1) is 17.9 Å². The molecule has 2 aromatic heterocycles. The van der Waals surface area contributed by atoms with Gasteiger partial charge in [-0.3, -0.25) is 9.67 Å². The lowest BCUT2D eigenvalue weighted by atomic mass is 10.1. The van der Waals surface area contributed by atoms with Crippen molar-refractivity contribution in [1.29, 1.82) is 0 Å². The molecule has 1 atom stereocenters. The van der Waals surface area contributed by atoms with Gasteiger partial charge < -0.3 is 15.2 Å². The van der Waals surface area contributed by atoms with E-state index in [0.717, 1.165) is 36.7 Å². The maximum atomic E-state index is 4.74. The molecule has 1 unspecified atom stereocenters. The number of hydrogen-bond acceptors (Lipinski definition) is 3. The van der Waals surface area contributed by atoms with Crippen molar-refractivity contribution in [3.8, 4) is 0 Å². The van der Waals surface area contributed by atoms with Crippen LogP contribution in [0.2, 0.25) is 0 Å². The maximum Gasteiger partial charge on any atom is 0.191 e. The average Bonchev–Trinajstić information content (AvgIpc) is 3.14. The van der Waals surface area contributed by atoms with E-state index < -0.39 is 0 Å². The van der Waals surface area contributed by atoms with E-state index in [4.69, 9.17) is 4.98 Å². The average molecular weight is 485 g/mol. The lowest BCUT2D eigenvalue weighted by Gasteiger charge is -2.18. The number of fused-ring (bicyclic) bond motifs is 1. The van der Waals surface area contributed by atoms with Gasteiger partial charge in [-0.1, -0.05) is 0 Å². The number of nitrogens with zero attached hydrogens (tertiary/aromatic N) is 5. The van der Waals surface area contributed by atoms with Crippen LogP contribution < -0.4 is 10.6 Å². The van der Waals surface area contributed by atoms with E-state index in [2.05, 4.69) is 52.3 Å². The fraction of sp³-hybridized carbons (Fsp3) is 0.632. The molecule has 150 valence electrons. The fourth-order valence-electron chi connectivity index (χ4n) is 3.63. The van der Waals surface area contributed by atoms with E-state index in [0.29, 0.717) is 6.54 Å². The van der Waals surface area contributed by atoms with Gasteiger partial charge in [-0.15, -0.1) is 24.0 Å². The number of rotatable bonds is 5. The maximum absolute atomic E-state index is 4.74. The Kier molecular flexibility index (Phi) is 7.69. The highest BCUT2D eigenvalue weighted by Crippen LogP contribution is 2.15. The monoisotopic (exact) mass is 485 g/mol. The summed E-state index contributed by atoms with van der Waals surface area (Å²) in [5.74, 6) is 2.02. The van der Waals surface area contributed by atoms with Crippen molar-refractivity contribution < 1.29 is 0 Å². The minimum atomic E-state index is 0. The third-order valence-corrected chi connectivity index (χ3v) is 5.17. The van der Waals surface area contributed by atoms with Crippen molar-refractivity contribution in [1.82, 2.24) is 30.0 Å². The molecule has 7 nitrogen and oxygen atoms in total. The first-order valence-electron chi connectivity index (χ1n) is 9.49. The van der Waals surface area contributed by atoms with E-state index >= 15 is 0 Å². The molecular formula is C19H32IN7. The quantitative estimate of drug-likeness (QED) is 0.388. The van der Waals surface area contributed by atoms with Gasteiger partial charge in [-0.05, 0) is 45.6 Å². The van der Waals surface area contributed by atoms with Crippen molar-refractivity contribution in [2.75, 3.05) is 7.05 Å². The van der Waals surface area contributed by atoms with Crippen molar-refractivity contribution in [2.45, 2.75) is 65.6 Å². The second-order valence-electron chi connectivity index (χ2n) is 7.25. The third-order valence-electron chi connectivity index (χ3n) is 5.17. The van der Waals surface area contributed by atoms with Crippen LogP contribution in [0.15, 0.2) is 11.2 Å². The number of halogens is 1. The molecule has 3 heterocycles. The normalized spacial score (nSPS) is 15.1. The molecule has 0 saturated heterocycles. The SMILES string of the molecule is CN=C(NCc1cn2c(n1)CCCC2)NC(C)Cc1c(C)nn(C)c1C.I. The van der Waals surface area contributed by atoms with Crippen LogP contribution in [-0.2, 0) is 33.0 Å². The van der Waals surface area contributed by atoms with Gasteiger partial charge >= 0.3 is 0 Å². The van der Waals surface area contributed by atoms with E-state index in [9.17, 15) is 0 Å². The summed E-state index contributed by atoms with van der Waals surface area (Å²) in [5, 5.41) is 11.4. The standard InChI is InChI=1S/C19H31N7.HI/c1-13(10-17-14(2)24-25(5)15(17)3)22-19(20-4)21-11-16-12-26-9-7-6-8-18(26)23-16;/h12-13H,6-11H2,1-5H3,(H2,20,21,22);1H. The summed E-state index contributed by atoms with van der Waals surface area (Å²) in [4.78, 5) is 9.09. The summed E-state index contributed by atoms with van der Waals surface area (Å²) >= 11 is 0. The molecule has 2 N–H and O–H groups in total. The van der Waals surface area contributed by atoms with Crippen molar-refractivity contribution >= 4 is 29.9 Å². The van der Waals surface area contributed by atoms with Gasteiger partial charge in [0, 0.05) is 45.0 Å². The minimum Gasteiger partial charge on any atom is -0.354 e. The molecule has 0 saturated carbocycles. The summed E-state index contributed by atoms with van der Waals surface area (Å²) in [6, 6.07) is 0.262. The van der Waals surface area contributed by atoms with Gasteiger partial charge in [0.25, 0.3) is 0 Å². The molecule has 0 radical (unpaired) electrons. The first kappa shape index (κ1) is 21.7. The Bertz CT molecular complexity index is 767. The Morgan fingerprint density at radius 3 is 2.74 bits per heavy atom. The number of aliphatic imine (C=N–C) groups is 1. The van der Waals surface area contributed by atoms with Crippen molar-refractivity contribution in [3.63, 3.8) is 0 Å². The van der Waals surface area contributed by atoms with Gasteiger partial charge in [0.1, 0.15) is 5.82 Å². The van der Waals surface area contributed by atoms with Crippen molar-refractivity contribution in [2.24, 2.45) is 12.0 Å². The zero-order chi connectivity index (χ0) is 18.7. The minimum absolute atomic E-state index is 0. The highest BCUT2D eigenvalue weighted by atomic mass is 127. The van der Waals surface area contributed by atoms with E-state index in [1.807, 2.05) is 11.7 Å². The second-order valence-corrected chi connectivity index (χ2v) is 7.25. The number of nitrogens with one attached hydrogen (secondary N) is 2. The topological polar surface area (TPSA) is 72.1 Å². The highest BCUT2D eigenvalue weighted by Gasteiger charge is 2.15. The van der Waals surface area contributed by atoms with E-state index in [1.165, 1.54) is 29.9 Å². The Labute approximate surface area is 179 Å². The van der Waals surface area contributed by atoms with Crippen LogP contribution in [0.1, 0.15) is 48.2 Å². The lowest BCUT2D eigenvalue weighted by Crippen LogP contribution is -2.42. The van der Waals surface area contributed by atoms with Crippen LogP contribution in [0.5, 0.6) is 0 Å². The Morgan fingerprint density at radius 1 is 1.33 bits per heavy atom. The molecule has 0 amide bonds. The Balaban J connectivity index is 0.00000261. The third kappa shape index (κ3) is 5.24. The molecule has 0 aromatic carbocycles. The van der Waals surface area contributed by atoms with Crippen LogP contribution in [0.3, 0.4) is 0 Å². The molecule has 0 fully saturated rings. The number of guanidine groups is 1. The van der Waals surface area contributed by atoms with Crippen LogP contribution in [0, 0.1) is 13.8 Å². The summed E-state index contributed by atoms with van der Waals surface area (Å²) in [7, 11) is 3.80. The largest absolute Gasteiger partial charge is 0.354 e. The predicted molar refractivity (Wildman–Crippen MR) is 120 cm³/mol. The Hall–Kier alpha value is -1.58. The zero-order valence-corrected chi connectivity index (χ0v) is 19.4. The van der Waals surface area contributed by atoms with E-state index in [1.54, 1.807) is 7.05 Å². The number of hydrogen-bond donors (Lipinski definition) is 2. The molecule has 3 rings (SSSR count). The molecule has 27 heavy (non-hydrogen) atoms. The highest BCUT2D eigenvalue weighted by molar-refractivity contribution is 14.0. The number of aryl methyl sites for hydroxylation is 4. The summed E-state index contributed by atoms with van der Waals surface area (Å²) in [5.41, 5.74) is 4.72. The van der Waals surface area contributed by atoms with Crippen LogP contribution >= 0.6 is 24.0 Å². The molecule has 2 aromatic rings.